The zero-order chi connectivity index (χ0) is 13.4. The number of esters is 1. The minimum atomic E-state index is -0.493. The maximum absolute atomic E-state index is 11.4. The number of aromatic nitrogens is 2. The first kappa shape index (κ1) is 15.2. The van der Waals surface area contributed by atoms with Crippen molar-refractivity contribution < 1.29 is 9.53 Å². The van der Waals surface area contributed by atoms with Crippen LogP contribution in [-0.2, 0) is 4.74 Å². The number of hydrogen-bond acceptors (Lipinski definition) is 5. The van der Waals surface area contributed by atoms with Crippen molar-refractivity contribution >= 4 is 29.3 Å². The normalized spacial score (nSPS) is 10.4. The summed E-state index contributed by atoms with van der Waals surface area (Å²) < 4.78 is 4.61. The van der Waals surface area contributed by atoms with E-state index in [9.17, 15) is 4.79 Å². The Morgan fingerprint density at radius 3 is 2.83 bits per heavy atom. The number of halogens is 1. The Kier molecular flexibility index (Phi) is 7.05. The molecule has 0 N–H and O–H groups in total. The highest BCUT2D eigenvalue weighted by Gasteiger charge is 2.11. The van der Waals surface area contributed by atoms with Crippen LogP contribution in [0.4, 0.5) is 0 Å². The Hall–Kier alpha value is -0.810. The molecule has 0 aromatic carbocycles. The first-order valence-electron chi connectivity index (χ1n) is 5.93. The number of unbranched alkanes of at least 4 members (excludes halogenated alkanes) is 3. The highest BCUT2D eigenvalue weighted by atomic mass is 35.5. The van der Waals surface area contributed by atoms with Crippen molar-refractivity contribution in [2.45, 2.75) is 37.8 Å². The molecule has 1 aromatic rings. The molecule has 0 aliphatic carbocycles. The van der Waals surface area contributed by atoms with Crippen molar-refractivity contribution in [3.05, 3.63) is 16.9 Å². The molecule has 0 saturated heterocycles. The molecule has 100 valence electrons. The van der Waals surface area contributed by atoms with Crippen molar-refractivity contribution in [1.82, 2.24) is 9.97 Å². The van der Waals surface area contributed by atoms with E-state index >= 15 is 0 Å². The Balaban J connectivity index is 2.55. The average Bonchev–Trinajstić information content (AvgIpc) is 2.37. The highest BCUT2D eigenvalue weighted by Crippen LogP contribution is 2.19. The average molecular weight is 289 g/mol. The lowest BCUT2D eigenvalue weighted by atomic mass is 10.2. The van der Waals surface area contributed by atoms with Gasteiger partial charge in [-0.15, -0.1) is 0 Å². The van der Waals surface area contributed by atoms with Gasteiger partial charge in [0.2, 0.25) is 0 Å². The van der Waals surface area contributed by atoms with E-state index in [-0.39, 0.29) is 10.8 Å². The lowest BCUT2D eigenvalue weighted by Gasteiger charge is -2.03. The molecule has 0 atom stereocenters. The van der Waals surface area contributed by atoms with Crippen molar-refractivity contribution in [1.29, 1.82) is 0 Å². The van der Waals surface area contributed by atoms with Gasteiger partial charge in [-0.1, -0.05) is 49.5 Å². The second-order valence-electron chi connectivity index (χ2n) is 3.76. The molecule has 1 heterocycles. The van der Waals surface area contributed by atoms with Crippen LogP contribution >= 0.6 is 23.4 Å². The summed E-state index contributed by atoms with van der Waals surface area (Å²) in [6.07, 6.45) is 4.77. The third-order valence-electron chi connectivity index (χ3n) is 2.30. The van der Waals surface area contributed by atoms with Crippen LogP contribution in [0, 0.1) is 0 Å². The fourth-order valence-corrected chi connectivity index (χ4v) is 2.45. The predicted molar refractivity (Wildman–Crippen MR) is 73.2 cm³/mol. The molecule has 0 unspecified atom stereocenters. The fourth-order valence-electron chi connectivity index (χ4n) is 1.36. The summed E-state index contributed by atoms with van der Waals surface area (Å²) in [5.41, 5.74) is 0.202. The zero-order valence-electron chi connectivity index (χ0n) is 10.6. The molecule has 1 rings (SSSR count). The van der Waals surface area contributed by atoms with Crippen molar-refractivity contribution in [3.63, 3.8) is 0 Å². The first-order valence-corrected chi connectivity index (χ1v) is 7.29. The third-order valence-corrected chi connectivity index (χ3v) is 3.43. The molecule has 0 saturated carbocycles. The maximum Gasteiger partial charge on any atom is 0.356 e. The van der Waals surface area contributed by atoms with E-state index in [0.717, 1.165) is 12.2 Å². The van der Waals surface area contributed by atoms with Gasteiger partial charge < -0.3 is 4.74 Å². The lowest BCUT2D eigenvalue weighted by molar-refractivity contribution is 0.0593. The van der Waals surface area contributed by atoms with E-state index in [2.05, 4.69) is 21.6 Å². The number of carbonyl (C=O) groups excluding carboxylic acids is 1. The van der Waals surface area contributed by atoms with Crippen molar-refractivity contribution in [2.24, 2.45) is 0 Å². The molecular weight excluding hydrogens is 272 g/mol. The quantitative estimate of drug-likeness (QED) is 0.252. The van der Waals surface area contributed by atoms with Crippen LogP contribution in [0.3, 0.4) is 0 Å². The molecule has 0 spiro atoms. The van der Waals surface area contributed by atoms with Gasteiger partial charge >= 0.3 is 5.97 Å². The van der Waals surface area contributed by atoms with Gasteiger partial charge in [0, 0.05) is 11.8 Å². The maximum atomic E-state index is 11.4. The van der Waals surface area contributed by atoms with E-state index in [1.165, 1.54) is 44.2 Å². The number of ether oxygens (including phenoxy) is 1. The van der Waals surface area contributed by atoms with Gasteiger partial charge in [-0.2, -0.15) is 0 Å². The highest BCUT2D eigenvalue weighted by molar-refractivity contribution is 7.99. The standard InChI is InChI=1S/C12H17ClN2O2S/c1-3-4-5-6-7-18-12-14-9(11(16)17-2)8-10(13)15-12/h8H,3-7H2,1-2H3. The van der Waals surface area contributed by atoms with Crippen molar-refractivity contribution in [2.75, 3.05) is 12.9 Å². The Morgan fingerprint density at radius 1 is 1.39 bits per heavy atom. The molecular formula is C12H17ClN2O2S. The number of hydrogen-bond donors (Lipinski definition) is 0. The molecule has 18 heavy (non-hydrogen) atoms. The van der Waals surface area contributed by atoms with Gasteiger partial charge in [0.1, 0.15) is 5.15 Å². The van der Waals surface area contributed by atoms with Crippen LogP contribution in [0.5, 0.6) is 0 Å². The number of rotatable bonds is 7. The van der Waals surface area contributed by atoms with Gasteiger partial charge in [0.05, 0.1) is 7.11 Å². The number of nitrogens with zero attached hydrogens (tertiary/aromatic N) is 2. The minimum Gasteiger partial charge on any atom is -0.464 e. The SMILES string of the molecule is CCCCCCSc1nc(Cl)cc(C(=O)OC)n1. The van der Waals surface area contributed by atoms with Gasteiger partial charge in [0.25, 0.3) is 0 Å². The summed E-state index contributed by atoms with van der Waals surface area (Å²) in [5, 5.41) is 0.792. The summed E-state index contributed by atoms with van der Waals surface area (Å²) in [6.45, 7) is 2.18. The predicted octanol–water partition coefficient (Wildman–Crippen LogP) is 3.59. The minimum absolute atomic E-state index is 0.202. The van der Waals surface area contributed by atoms with Crippen LogP contribution < -0.4 is 0 Å². The second kappa shape index (κ2) is 8.32. The number of methoxy groups -OCH3 is 1. The topological polar surface area (TPSA) is 52.1 Å². The third kappa shape index (κ3) is 5.23. The molecule has 0 radical (unpaired) electrons. The Morgan fingerprint density at radius 2 is 2.17 bits per heavy atom. The van der Waals surface area contributed by atoms with Gasteiger partial charge in [0.15, 0.2) is 10.9 Å². The van der Waals surface area contributed by atoms with Gasteiger partial charge in [-0.25, -0.2) is 14.8 Å². The van der Waals surface area contributed by atoms with E-state index in [4.69, 9.17) is 11.6 Å². The molecule has 1 aromatic heterocycles. The van der Waals surface area contributed by atoms with Crippen LogP contribution in [0.15, 0.2) is 11.2 Å². The zero-order valence-corrected chi connectivity index (χ0v) is 12.2. The van der Waals surface area contributed by atoms with Crippen LogP contribution in [0.25, 0.3) is 0 Å². The van der Waals surface area contributed by atoms with E-state index in [0.29, 0.717) is 5.16 Å². The summed E-state index contributed by atoms with van der Waals surface area (Å²) in [6, 6.07) is 1.41. The number of carbonyl (C=O) groups is 1. The van der Waals surface area contributed by atoms with Gasteiger partial charge in [-0.05, 0) is 6.42 Å². The summed E-state index contributed by atoms with van der Waals surface area (Å²) in [5.74, 6) is 0.438. The van der Waals surface area contributed by atoms with Crippen LogP contribution in [-0.4, -0.2) is 28.8 Å². The Labute approximate surface area is 116 Å². The fraction of sp³-hybridized carbons (Fsp3) is 0.583. The van der Waals surface area contributed by atoms with Gasteiger partial charge in [-0.3, -0.25) is 0 Å². The largest absolute Gasteiger partial charge is 0.464 e. The Bertz CT molecular complexity index is 402. The summed E-state index contributed by atoms with van der Waals surface area (Å²) in [4.78, 5) is 19.5. The first-order chi connectivity index (χ1) is 8.67. The summed E-state index contributed by atoms with van der Waals surface area (Å²) >= 11 is 7.35. The van der Waals surface area contributed by atoms with Crippen LogP contribution in [0.1, 0.15) is 43.1 Å². The molecule has 0 aliphatic rings. The van der Waals surface area contributed by atoms with Crippen LogP contribution in [0.2, 0.25) is 5.15 Å². The molecule has 0 bridgehead atoms. The second-order valence-corrected chi connectivity index (χ2v) is 5.21. The lowest BCUT2D eigenvalue weighted by Crippen LogP contribution is -2.06. The van der Waals surface area contributed by atoms with E-state index < -0.39 is 5.97 Å². The molecule has 0 aliphatic heterocycles. The van der Waals surface area contributed by atoms with E-state index in [1.807, 2.05) is 0 Å². The number of thioether (sulfide) groups is 1. The molecule has 4 nitrogen and oxygen atoms in total. The van der Waals surface area contributed by atoms with Crippen molar-refractivity contribution in [3.8, 4) is 0 Å². The smallest absolute Gasteiger partial charge is 0.356 e. The summed E-state index contributed by atoms with van der Waals surface area (Å²) in [7, 11) is 1.32. The molecule has 6 heteroatoms. The monoisotopic (exact) mass is 288 g/mol. The molecule has 0 amide bonds. The molecule has 0 fully saturated rings. The van der Waals surface area contributed by atoms with E-state index in [1.54, 1.807) is 0 Å².